The van der Waals surface area contributed by atoms with Crippen molar-refractivity contribution in [1.29, 1.82) is 0 Å². The summed E-state index contributed by atoms with van der Waals surface area (Å²) in [4.78, 5) is 11.6. The molecule has 0 saturated heterocycles. The number of nitrogens with one attached hydrogen (secondary N) is 2. The summed E-state index contributed by atoms with van der Waals surface area (Å²) in [6, 6.07) is 9.50. The lowest BCUT2D eigenvalue weighted by molar-refractivity contribution is -0.115. The van der Waals surface area contributed by atoms with Gasteiger partial charge in [0.2, 0.25) is 5.91 Å². The third-order valence-corrected chi connectivity index (χ3v) is 2.14. The van der Waals surface area contributed by atoms with Crippen LogP contribution in [0.15, 0.2) is 36.5 Å². The van der Waals surface area contributed by atoms with Crippen molar-refractivity contribution in [2.45, 2.75) is 6.42 Å². The van der Waals surface area contributed by atoms with Crippen molar-refractivity contribution in [3.63, 3.8) is 0 Å². The highest BCUT2D eigenvalue weighted by molar-refractivity contribution is 5.93. The lowest BCUT2D eigenvalue weighted by atomic mass is 10.1. The van der Waals surface area contributed by atoms with E-state index in [-0.39, 0.29) is 5.91 Å². The molecule has 5 heteroatoms. The Morgan fingerprint density at radius 1 is 1.38 bits per heavy atom. The number of anilines is 2. The van der Waals surface area contributed by atoms with Crippen molar-refractivity contribution in [2.24, 2.45) is 0 Å². The first-order valence-electron chi connectivity index (χ1n) is 4.88. The summed E-state index contributed by atoms with van der Waals surface area (Å²) in [6.07, 6.45) is 1.78. The lowest BCUT2D eigenvalue weighted by Crippen LogP contribution is -2.15. The van der Waals surface area contributed by atoms with Gasteiger partial charge in [0.15, 0.2) is 5.82 Å². The van der Waals surface area contributed by atoms with Gasteiger partial charge in [-0.25, -0.2) is 0 Å². The number of aromatic amines is 1. The first-order chi connectivity index (χ1) is 7.75. The number of nitrogen functional groups attached to an aromatic ring is 1. The van der Waals surface area contributed by atoms with Crippen molar-refractivity contribution < 1.29 is 4.79 Å². The van der Waals surface area contributed by atoms with E-state index in [0.29, 0.717) is 17.9 Å². The third kappa shape index (κ3) is 2.38. The molecular formula is C11H12N4O. The molecule has 5 nitrogen and oxygen atoms in total. The summed E-state index contributed by atoms with van der Waals surface area (Å²) in [5.74, 6) is 0.322. The van der Waals surface area contributed by atoms with Crippen LogP contribution in [0.25, 0.3) is 0 Å². The van der Waals surface area contributed by atoms with E-state index in [1.807, 2.05) is 30.3 Å². The summed E-state index contributed by atoms with van der Waals surface area (Å²) < 4.78 is 0. The Balaban J connectivity index is 1.98. The molecule has 16 heavy (non-hydrogen) atoms. The van der Waals surface area contributed by atoms with Gasteiger partial charge in [0, 0.05) is 0 Å². The molecule has 0 saturated carbocycles. The minimum absolute atomic E-state index is 0.123. The molecule has 0 fully saturated rings. The van der Waals surface area contributed by atoms with Crippen LogP contribution in [0.3, 0.4) is 0 Å². The molecule has 0 spiro atoms. The van der Waals surface area contributed by atoms with Gasteiger partial charge in [-0.05, 0) is 5.56 Å². The molecule has 0 aliphatic rings. The van der Waals surface area contributed by atoms with Gasteiger partial charge in [-0.3, -0.25) is 9.89 Å². The van der Waals surface area contributed by atoms with Crippen LogP contribution >= 0.6 is 0 Å². The van der Waals surface area contributed by atoms with Crippen LogP contribution in [0, 0.1) is 0 Å². The number of benzene rings is 1. The second kappa shape index (κ2) is 4.48. The van der Waals surface area contributed by atoms with Crippen molar-refractivity contribution >= 4 is 17.4 Å². The van der Waals surface area contributed by atoms with Gasteiger partial charge < -0.3 is 11.1 Å². The van der Waals surface area contributed by atoms with Gasteiger partial charge in [-0.2, -0.15) is 5.10 Å². The number of amides is 1. The van der Waals surface area contributed by atoms with E-state index in [2.05, 4.69) is 15.5 Å². The zero-order valence-corrected chi connectivity index (χ0v) is 8.60. The highest BCUT2D eigenvalue weighted by atomic mass is 16.1. The average Bonchev–Trinajstić information content (AvgIpc) is 2.66. The number of carbonyl (C=O) groups excluding carboxylic acids is 1. The standard InChI is InChI=1S/C11H12N4O/c12-9-7-13-15-11(9)14-10(16)6-8-4-2-1-3-5-8/h1-5,7H,6,12H2,(H2,13,14,15,16). The smallest absolute Gasteiger partial charge is 0.229 e. The van der Waals surface area contributed by atoms with Crippen LogP contribution in [0.5, 0.6) is 0 Å². The first kappa shape index (κ1) is 10.2. The molecule has 0 aliphatic carbocycles. The summed E-state index contributed by atoms with van der Waals surface area (Å²) in [6.45, 7) is 0. The second-order valence-electron chi connectivity index (χ2n) is 3.41. The first-order valence-corrected chi connectivity index (χ1v) is 4.88. The largest absolute Gasteiger partial charge is 0.394 e. The molecular weight excluding hydrogens is 204 g/mol. The van der Waals surface area contributed by atoms with Crippen LogP contribution in [0.4, 0.5) is 11.5 Å². The number of hydrogen-bond acceptors (Lipinski definition) is 3. The summed E-state index contributed by atoms with van der Waals surface area (Å²) in [5, 5.41) is 8.99. The number of hydrogen-bond donors (Lipinski definition) is 3. The SMILES string of the molecule is Nc1cn[nH]c1NC(=O)Cc1ccccc1. The number of H-pyrrole nitrogens is 1. The number of rotatable bonds is 3. The van der Waals surface area contributed by atoms with Crippen LogP contribution < -0.4 is 11.1 Å². The topological polar surface area (TPSA) is 83.8 Å². The van der Waals surface area contributed by atoms with Crippen molar-refractivity contribution in [3.05, 3.63) is 42.1 Å². The molecule has 2 aromatic rings. The lowest BCUT2D eigenvalue weighted by Gasteiger charge is -2.03. The Kier molecular flexibility index (Phi) is 2.86. The minimum atomic E-state index is -0.123. The fourth-order valence-corrected chi connectivity index (χ4v) is 1.36. The van der Waals surface area contributed by atoms with E-state index in [1.54, 1.807) is 0 Å². The predicted molar refractivity (Wildman–Crippen MR) is 61.8 cm³/mol. The van der Waals surface area contributed by atoms with Crippen LogP contribution in [-0.2, 0) is 11.2 Å². The highest BCUT2D eigenvalue weighted by Gasteiger charge is 2.07. The Morgan fingerprint density at radius 3 is 2.75 bits per heavy atom. The Bertz CT molecular complexity index is 478. The molecule has 2 rings (SSSR count). The molecule has 0 radical (unpaired) electrons. The molecule has 0 aliphatic heterocycles. The van der Waals surface area contributed by atoms with Crippen molar-refractivity contribution in [1.82, 2.24) is 10.2 Å². The molecule has 0 bridgehead atoms. The fourth-order valence-electron chi connectivity index (χ4n) is 1.36. The molecule has 0 unspecified atom stereocenters. The van der Waals surface area contributed by atoms with Crippen LogP contribution in [0.1, 0.15) is 5.56 Å². The molecule has 1 amide bonds. The van der Waals surface area contributed by atoms with Gasteiger partial charge in [-0.15, -0.1) is 0 Å². The third-order valence-electron chi connectivity index (χ3n) is 2.14. The molecule has 4 N–H and O–H groups in total. The monoisotopic (exact) mass is 216 g/mol. The van der Waals surface area contributed by atoms with E-state index in [0.717, 1.165) is 5.56 Å². The van der Waals surface area contributed by atoms with Gasteiger partial charge in [0.25, 0.3) is 0 Å². The Labute approximate surface area is 92.7 Å². The summed E-state index contributed by atoms with van der Waals surface area (Å²) >= 11 is 0. The Hall–Kier alpha value is -2.30. The summed E-state index contributed by atoms with van der Waals surface area (Å²) in [5.41, 5.74) is 6.96. The van der Waals surface area contributed by atoms with Crippen LogP contribution in [-0.4, -0.2) is 16.1 Å². The zero-order valence-electron chi connectivity index (χ0n) is 8.60. The zero-order chi connectivity index (χ0) is 11.4. The molecule has 1 aromatic carbocycles. The normalized spacial score (nSPS) is 10.0. The summed E-state index contributed by atoms with van der Waals surface area (Å²) in [7, 11) is 0. The number of carbonyl (C=O) groups is 1. The molecule has 1 heterocycles. The maximum Gasteiger partial charge on any atom is 0.229 e. The molecule has 1 aromatic heterocycles. The maximum absolute atomic E-state index is 11.6. The molecule has 82 valence electrons. The number of aromatic nitrogens is 2. The fraction of sp³-hybridized carbons (Fsp3) is 0.0909. The molecule has 0 atom stereocenters. The quantitative estimate of drug-likeness (QED) is 0.720. The minimum Gasteiger partial charge on any atom is -0.394 e. The maximum atomic E-state index is 11.6. The number of nitrogens with two attached hydrogens (primary N) is 1. The highest BCUT2D eigenvalue weighted by Crippen LogP contribution is 2.12. The second-order valence-corrected chi connectivity index (χ2v) is 3.41. The van der Waals surface area contributed by atoms with Crippen molar-refractivity contribution in [3.8, 4) is 0 Å². The Morgan fingerprint density at radius 2 is 2.12 bits per heavy atom. The van der Waals surface area contributed by atoms with Gasteiger partial charge in [0.05, 0.1) is 18.3 Å². The predicted octanol–water partition coefficient (Wildman–Crippen LogP) is 1.17. The van der Waals surface area contributed by atoms with Crippen LogP contribution in [0.2, 0.25) is 0 Å². The van der Waals surface area contributed by atoms with Gasteiger partial charge >= 0.3 is 0 Å². The van der Waals surface area contributed by atoms with E-state index < -0.39 is 0 Å². The van der Waals surface area contributed by atoms with Crippen molar-refractivity contribution in [2.75, 3.05) is 11.1 Å². The van der Waals surface area contributed by atoms with E-state index in [1.165, 1.54) is 6.20 Å². The average molecular weight is 216 g/mol. The van der Waals surface area contributed by atoms with Gasteiger partial charge in [0.1, 0.15) is 0 Å². The van der Waals surface area contributed by atoms with E-state index >= 15 is 0 Å². The van der Waals surface area contributed by atoms with Gasteiger partial charge in [-0.1, -0.05) is 30.3 Å². The number of nitrogens with zero attached hydrogens (tertiary/aromatic N) is 1. The van der Waals surface area contributed by atoms with E-state index in [9.17, 15) is 4.79 Å². The van der Waals surface area contributed by atoms with E-state index in [4.69, 9.17) is 5.73 Å².